The molecule has 1 aromatic heterocycles. The summed E-state index contributed by atoms with van der Waals surface area (Å²) in [5, 5.41) is 5.17. The zero-order valence-corrected chi connectivity index (χ0v) is 15.1. The van der Waals surface area contributed by atoms with E-state index in [9.17, 15) is 18.0 Å². The van der Waals surface area contributed by atoms with Crippen molar-refractivity contribution in [1.82, 2.24) is 10.3 Å². The molecule has 0 aliphatic carbocycles. The molecule has 0 bridgehead atoms. The fourth-order valence-electron chi connectivity index (χ4n) is 3.08. The summed E-state index contributed by atoms with van der Waals surface area (Å²) in [5.41, 5.74) is 1.01. The van der Waals surface area contributed by atoms with Crippen LogP contribution in [-0.4, -0.2) is 30.7 Å². The van der Waals surface area contributed by atoms with Crippen LogP contribution in [0.15, 0.2) is 36.5 Å². The summed E-state index contributed by atoms with van der Waals surface area (Å²) in [7, 11) is 0. The van der Waals surface area contributed by atoms with Crippen molar-refractivity contribution < 1.29 is 22.7 Å². The van der Waals surface area contributed by atoms with Crippen LogP contribution in [0, 0.1) is 5.82 Å². The van der Waals surface area contributed by atoms with Crippen LogP contribution in [-0.2, 0) is 6.54 Å². The largest absolute Gasteiger partial charge is 0.432 e. The predicted molar refractivity (Wildman–Crippen MR) is 99.2 cm³/mol. The second kappa shape index (κ2) is 9.29. The number of alkyl halides is 2. The zero-order valence-electron chi connectivity index (χ0n) is 15.1. The predicted octanol–water partition coefficient (Wildman–Crippen LogP) is 4.13. The molecule has 0 saturated carbocycles. The summed E-state index contributed by atoms with van der Waals surface area (Å²) in [6, 6.07) is 6.39. The van der Waals surface area contributed by atoms with Crippen molar-refractivity contribution in [3.05, 3.63) is 47.9 Å². The van der Waals surface area contributed by atoms with Gasteiger partial charge in [0, 0.05) is 43.1 Å². The van der Waals surface area contributed by atoms with Crippen molar-refractivity contribution in [2.24, 2.45) is 0 Å². The molecule has 2 amide bonds. The molecule has 150 valence electrons. The van der Waals surface area contributed by atoms with E-state index < -0.39 is 24.2 Å². The summed E-state index contributed by atoms with van der Waals surface area (Å²) in [5.74, 6) is -0.720. The van der Waals surface area contributed by atoms with E-state index in [1.165, 1.54) is 12.5 Å². The van der Waals surface area contributed by atoms with E-state index in [2.05, 4.69) is 25.3 Å². The molecule has 2 aromatic rings. The lowest BCUT2D eigenvalue weighted by atomic mass is 10.1. The summed E-state index contributed by atoms with van der Waals surface area (Å²) in [6.07, 6.45) is 5.15. The number of carbonyl (C=O) groups excluding carboxylic acids is 1. The number of hydrogen-bond donors (Lipinski definition) is 2. The molecule has 0 radical (unpaired) electrons. The summed E-state index contributed by atoms with van der Waals surface area (Å²) in [4.78, 5) is 18.8. The molecule has 2 N–H and O–H groups in total. The summed E-state index contributed by atoms with van der Waals surface area (Å²) >= 11 is 0. The first-order chi connectivity index (χ1) is 13.5. The fraction of sp³-hybridized carbons (Fsp3) is 0.368. The molecule has 1 aromatic carbocycles. The van der Waals surface area contributed by atoms with Gasteiger partial charge in [-0.25, -0.2) is 14.2 Å². The van der Waals surface area contributed by atoms with Gasteiger partial charge in [0.05, 0.1) is 0 Å². The molecule has 2 heterocycles. The third-order valence-corrected chi connectivity index (χ3v) is 4.37. The van der Waals surface area contributed by atoms with Gasteiger partial charge in [0.2, 0.25) is 0 Å². The van der Waals surface area contributed by atoms with Crippen molar-refractivity contribution in [3.63, 3.8) is 0 Å². The Kier molecular flexibility index (Phi) is 6.57. The van der Waals surface area contributed by atoms with Gasteiger partial charge in [-0.3, -0.25) is 0 Å². The molecule has 1 aliphatic rings. The Morgan fingerprint density at radius 2 is 2.00 bits per heavy atom. The number of benzene rings is 1. The van der Waals surface area contributed by atoms with E-state index in [-0.39, 0.29) is 12.2 Å². The molecule has 0 spiro atoms. The van der Waals surface area contributed by atoms with E-state index >= 15 is 0 Å². The number of ether oxygens (including phenoxy) is 1. The van der Waals surface area contributed by atoms with Gasteiger partial charge in [0.25, 0.3) is 0 Å². The van der Waals surface area contributed by atoms with Crippen LogP contribution in [0.25, 0.3) is 0 Å². The highest BCUT2D eigenvalue weighted by Gasteiger charge is 2.16. The summed E-state index contributed by atoms with van der Waals surface area (Å²) in [6.45, 7) is -1.00. The van der Waals surface area contributed by atoms with Gasteiger partial charge in [-0.2, -0.15) is 8.78 Å². The first-order valence-corrected chi connectivity index (χ1v) is 9.01. The monoisotopic (exact) mass is 394 g/mol. The third-order valence-electron chi connectivity index (χ3n) is 4.37. The number of carbonyl (C=O) groups is 1. The maximum atomic E-state index is 13.7. The zero-order chi connectivity index (χ0) is 19.9. The van der Waals surface area contributed by atoms with Gasteiger partial charge < -0.3 is 20.3 Å². The molecule has 6 nitrogen and oxygen atoms in total. The number of amides is 2. The van der Waals surface area contributed by atoms with E-state index in [1.807, 2.05) is 6.07 Å². The van der Waals surface area contributed by atoms with E-state index in [4.69, 9.17) is 0 Å². The number of anilines is 2. The van der Waals surface area contributed by atoms with Crippen LogP contribution in [0.2, 0.25) is 0 Å². The first-order valence-electron chi connectivity index (χ1n) is 9.01. The van der Waals surface area contributed by atoms with Gasteiger partial charge in [0.15, 0.2) is 11.6 Å². The Morgan fingerprint density at radius 3 is 2.71 bits per heavy atom. The Morgan fingerprint density at radius 1 is 1.21 bits per heavy atom. The lowest BCUT2D eigenvalue weighted by Gasteiger charge is -2.29. The van der Waals surface area contributed by atoms with Gasteiger partial charge in [-0.05, 0) is 37.5 Å². The summed E-state index contributed by atoms with van der Waals surface area (Å²) < 4.78 is 42.1. The molecule has 1 aliphatic heterocycles. The van der Waals surface area contributed by atoms with Crippen molar-refractivity contribution >= 4 is 17.5 Å². The number of halogens is 3. The molecule has 0 atom stereocenters. The number of piperidine rings is 1. The van der Waals surface area contributed by atoms with Crippen LogP contribution < -0.4 is 20.3 Å². The van der Waals surface area contributed by atoms with Gasteiger partial charge in [-0.1, -0.05) is 6.07 Å². The molecule has 28 heavy (non-hydrogen) atoms. The minimum Gasteiger partial charge on any atom is -0.432 e. The minimum atomic E-state index is -3.12. The number of hydrogen-bond acceptors (Lipinski definition) is 4. The average Bonchev–Trinajstić information content (AvgIpc) is 2.69. The SMILES string of the molecule is O=C(NCc1cccnc1N1CCCCC1)Nc1ccc(OC(F)F)c(F)c1. The van der Waals surface area contributed by atoms with Crippen LogP contribution >= 0.6 is 0 Å². The highest BCUT2D eigenvalue weighted by atomic mass is 19.3. The first kappa shape index (κ1) is 19.8. The van der Waals surface area contributed by atoms with E-state index in [1.54, 1.807) is 12.3 Å². The van der Waals surface area contributed by atoms with Gasteiger partial charge >= 0.3 is 12.6 Å². The van der Waals surface area contributed by atoms with Gasteiger partial charge in [0.1, 0.15) is 5.82 Å². The van der Waals surface area contributed by atoms with Crippen molar-refractivity contribution in [3.8, 4) is 5.75 Å². The molecule has 1 fully saturated rings. The van der Waals surface area contributed by atoms with Gasteiger partial charge in [-0.15, -0.1) is 0 Å². The number of pyridine rings is 1. The van der Waals surface area contributed by atoms with Crippen LogP contribution in [0.4, 0.5) is 29.5 Å². The highest BCUT2D eigenvalue weighted by molar-refractivity contribution is 5.89. The quantitative estimate of drug-likeness (QED) is 0.773. The number of rotatable bonds is 6. The third kappa shape index (κ3) is 5.28. The molecule has 3 rings (SSSR count). The Balaban J connectivity index is 1.58. The molecular weight excluding hydrogens is 373 g/mol. The number of urea groups is 1. The Hall–Kier alpha value is -2.97. The highest BCUT2D eigenvalue weighted by Crippen LogP contribution is 2.23. The normalized spacial score (nSPS) is 14.1. The minimum absolute atomic E-state index is 0.124. The maximum Gasteiger partial charge on any atom is 0.387 e. The average molecular weight is 394 g/mol. The lowest BCUT2D eigenvalue weighted by molar-refractivity contribution is -0.0521. The van der Waals surface area contributed by atoms with Crippen molar-refractivity contribution in [2.75, 3.05) is 23.3 Å². The van der Waals surface area contributed by atoms with E-state index in [0.717, 1.165) is 49.4 Å². The molecule has 1 saturated heterocycles. The van der Waals surface area contributed by atoms with Crippen LogP contribution in [0.1, 0.15) is 24.8 Å². The number of nitrogens with zero attached hydrogens (tertiary/aromatic N) is 2. The Labute approximate surface area is 160 Å². The van der Waals surface area contributed by atoms with Crippen LogP contribution in [0.3, 0.4) is 0 Å². The van der Waals surface area contributed by atoms with Crippen molar-refractivity contribution in [1.29, 1.82) is 0 Å². The maximum absolute atomic E-state index is 13.7. The number of nitrogens with one attached hydrogen (secondary N) is 2. The molecule has 0 unspecified atom stereocenters. The number of aromatic nitrogens is 1. The second-order valence-corrected chi connectivity index (χ2v) is 6.37. The molecular formula is C19H21F3N4O2. The Bertz CT molecular complexity index is 814. The van der Waals surface area contributed by atoms with Crippen LogP contribution in [0.5, 0.6) is 5.75 Å². The standard InChI is InChI=1S/C19H21F3N4O2/c20-15-11-14(6-7-16(15)28-18(21)22)25-19(27)24-12-13-5-4-8-23-17(13)26-9-2-1-3-10-26/h4-8,11,18H,1-3,9-10,12H2,(H2,24,25,27). The fourth-order valence-corrected chi connectivity index (χ4v) is 3.08. The van der Waals surface area contributed by atoms with Crippen molar-refractivity contribution in [2.45, 2.75) is 32.4 Å². The lowest BCUT2D eigenvalue weighted by Crippen LogP contribution is -2.33. The second-order valence-electron chi connectivity index (χ2n) is 6.37. The topological polar surface area (TPSA) is 66.5 Å². The molecule has 9 heteroatoms. The smallest absolute Gasteiger partial charge is 0.387 e. The van der Waals surface area contributed by atoms with E-state index in [0.29, 0.717) is 0 Å².